The third-order valence-corrected chi connectivity index (χ3v) is 4.06. The van der Waals surface area contributed by atoms with Gasteiger partial charge in [-0.1, -0.05) is 17.7 Å². The van der Waals surface area contributed by atoms with Crippen molar-refractivity contribution in [2.75, 3.05) is 32.5 Å². The number of anilines is 1. The lowest BCUT2D eigenvalue weighted by molar-refractivity contribution is -0.133. The maximum Gasteiger partial charge on any atom is 0.239 e. The minimum Gasteiger partial charge on any atom is -0.347 e. The highest BCUT2D eigenvalue weighted by atomic mass is 35.5. The van der Waals surface area contributed by atoms with Crippen LogP contribution in [0.5, 0.6) is 0 Å². The fourth-order valence-electron chi connectivity index (χ4n) is 2.71. The zero-order valence-corrected chi connectivity index (χ0v) is 13.8. The van der Waals surface area contributed by atoms with Crippen LogP contribution in [0.15, 0.2) is 24.3 Å². The van der Waals surface area contributed by atoms with E-state index in [0.29, 0.717) is 23.7 Å². The largest absolute Gasteiger partial charge is 0.347 e. The Morgan fingerprint density at radius 2 is 2.18 bits per heavy atom. The van der Waals surface area contributed by atoms with E-state index in [4.69, 9.17) is 11.6 Å². The highest BCUT2D eigenvalue weighted by Crippen LogP contribution is 2.19. The molecule has 0 saturated carbocycles. The van der Waals surface area contributed by atoms with Crippen molar-refractivity contribution in [3.63, 3.8) is 0 Å². The van der Waals surface area contributed by atoms with Crippen molar-refractivity contribution >= 4 is 29.1 Å². The molecule has 0 bridgehead atoms. The fourth-order valence-corrected chi connectivity index (χ4v) is 2.90. The molecule has 0 aromatic heterocycles. The Balaban J connectivity index is 1.84. The van der Waals surface area contributed by atoms with Crippen LogP contribution < -0.4 is 5.32 Å². The van der Waals surface area contributed by atoms with E-state index in [2.05, 4.69) is 10.2 Å². The van der Waals surface area contributed by atoms with E-state index in [1.165, 1.54) is 0 Å². The molecule has 1 fully saturated rings. The maximum absolute atomic E-state index is 12.1. The zero-order chi connectivity index (χ0) is 16.1. The van der Waals surface area contributed by atoms with Gasteiger partial charge in [-0.3, -0.25) is 14.5 Å². The average Bonchev–Trinajstić information content (AvgIpc) is 2.92. The average molecular weight is 324 g/mol. The van der Waals surface area contributed by atoms with Gasteiger partial charge in [0.1, 0.15) is 0 Å². The molecule has 1 saturated heterocycles. The molecular weight excluding hydrogens is 302 g/mol. The number of likely N-dealkylation sites (tertiary alicyclic amines) is 1. The van der Waals surface area contributed by atoms with Crippen molar-refractivity contribution < 1.29 is 9.59 Å². The molecule has 5 nitrogen and oxygen atoms in total. The van der Waals surface area contributed by atoms with Crippen molar-refractivity contribution in [3.8, 4) is 0 Å². The minimum atomic E-state index is -0.0889. The number of likely N-dealkylation sites (N-methyl/N-ethyl adjacent to an activating group) is 1. The molecule has 1 heterocycles. The third kappa shape index (κ3) is 4.45. The maximum atomic E-state index is 12.1. The number of rotatable bonds is 5. The molecular formula is C16H22ClN3O2. The number of nitrogens with one attached hydrogen (secondary N) is 1. The van der Waals surface area contributed by atoms with E-state index in [-0.39, 0.29) is 17.9 Å². The summed E-state index contributed by atoms with van der Waals surface area (Å²) in [6.45, 7) is 1.46. The first kappa shape index (κ1) is 16.8. The summed E-state index contributed by atoms with van der Waals surface area (Å²) in [5.74, 6) is 0.0537. The van der Waals surface area contributed by atoms with Gasteiger partial charge in [-0.2, -0.15) is 0 Å². The molecule has 1 aliphatic heterocycles. The molecule has 1 aromatic carbocycles. The molecule has 6 heteroatoms. The van der Waals surface area contributed by atoms with Crippen molar-refractivity contribution in [2.45, 2.75) is 25.3 Å². The standard InChI is InChI=1S/C16H22ClN3O2/c1-19(2)16(22)14-7-4-9-20(14)10-8-15(21)18-13-6-3-5-12(17)11-13/h3,5-6,11,14H,4,7-10H2,1-2H3,(H,18,21). The number of carbonyl (C=O) groups is 2. The molecule has 0 aliphatic carbocycles. The van der Waals surface area contributed by atoms with E-state index in [0.717, 1.165) is 19.4 Å². The van der Waals surface area contributed by atoms with Gasteiger partial charge in [-0.05, 0) is 37.6 Å². The molecule has 120 valence electrons. The van der Waals surface area contributed by atoms with Crippen LogP contribution in [0.4, 0.5) is 5.69 Å². The van der Waals surface area contributed by atoms with E-state index in [1.54, 1.807) is 43.3 Å². The first-order valence-electron chi connectivity index (χ1n) is 7.48. The Kier molecular flexibility index (Phi) is 5.80. The number of benzene rings is 1. The van der Waals surface area contributed by atoms with Crippen LogP contribution in [0.25, 0.3) is 0 Å². The van der Waals surface area contributed by atoms with Crippen LogP contribution in [0.2, 0.25) is 5.02 Å². The minimum absolute atomic E-state index is 0.0646. The number of hydrogen-bond donors (Lipinski definition) is 1. The summed E-state index contributed by atoms with van der Waals surface area (Å²) in [5, 5.41) is 3.42. The van der Waals surface area contributed by atoms with Gasteiger partial charge < -0.3 is 10.2 Å². The molecule has 0 radical (unpaired) electrons. The van der Waals surface area contributed by atoms with Crippen LogP contribution in [-0.4, -0.2) is 54.8 Å². The second-order valence-electron chi connectivity index (χ2n) is 5.74. The first-order valence-corrected chi connectivity index (χ1v) is 7.86. The summed E-state index contributed by atoms with van der Waals surface area (Å²) in [6, 6.07) is 6.99. The highest BCUT2D eigenvalue weighted by molar-refractivity contribution is 6.30. The Morgan fingerprint density at radius 3 is 2.86 bits per heavy atom. The van der Waals surface area contributed by atoms with Gasteiger partial charge in [0.25, 0.3) is 0 Å². The summed E-state index contributed by atoms with van der Waals surface area (Å²) in [6.07, 6.45) is 2.23. The Bertz CT molecular complexity index is 548. The van der Waals surface area contributed by atoms with Gasteiger partial charge >= 0.3 is 0 Å². The van der Waals surface area contributed by atoms with Gasteiger partial charge in [0.15, 0.2) is 0 Å². The van der Waals surface area contributed by atoms with Gasteiger partial charge in [0.05, 0.1) is 6.04 Å². The fraction of sp³-hybridized carbons (Fsp3) is 0.500. The summed E-state index contributed by atoms with van der Waals surface area (Å²) in [5.41, 5.74) is 0.694. The molecule has 1 N–H and O–H groups in total. The first-order chi connectivity index (χ1) is 10.5. The normalized spacial score (nSPS) is 18.2. The highest BCUT2D eigenvalue weighted by Gasteiger charge is 2.31. The lowest BCUT2D eigenvalue weighted by atomic mass is 10.2. The van der Waals surface area contributed by atoms with Crippen LogP contribution in [0.1, 0.15) is 19.3 Å². The molecule has 1 aliphatic rings. The zero-order valence-electron chi connectivity index (χ0n) is 13.0. The van der Waals surface area contributed by atoms with E-state index in [9.17, 15) is 9.59 Å². The van der Waals surface area contributed by atoms with Gasteiger partial charge in [0, 0.05) is 37.8 Å². The molecule has 1 aromatic rings. The van der Waals surface area contributed by atoms with Crippen LogP contribution >= 0.6 is 11.6 Å². The molecule has 2 amide bonds. The Hall–Kier alpha value is -1.59. The van der Waals surface area contributed by atoms with Crippen LogP contribution in [-0.2, 0) is 9.59 Å². The Morgan fingerprint density at radius 1 is 1.41 bits per heavy atom. The van der Waals surface area contributed by atoms with Gasteiger partial charge in [-0.25, -0.2) is 0 Å². The third-order valence-electron chi connectivity index (χ3n) is 3.82. The quantitative estimate of drug-likeness (QED) is 0.904. The van der Waals surface area contributed by atoms with Gasteiger partial charge in [-0.15, -0.1) is 0 Å². The lowest BCUT2D eigenvalue weighted by Gasteiger charge is -2.25. The van der Waals surface area contributed by atoms with Crippen LogP contribution in [0, 0.1) is 0 Å². The summed E-state index contributed by atoms with van der Waals surface area (Å²) < 4.78 is 0. The molecule has 1 unspecified atom stereocenters. The number of hydrogen-bond acceptors (Lipinski definition) is 3. The summed E-state index contributed by atoms with van der Waals surface area (Å²) >= 11 is 5.89. The van der Waals surface area contributed by atoms with E-state index in [1.807, 2.05) is 0 Å². The van der Waals surface area contributed by atoms with Crippen molar-refractivity contribution in [1.82, 2.24) is 9.80 Å². The number of carbonyl (C=O) groups excluding carboxylic acids is 2. The van der Waals surface area contributed by atoms with Crippen molar-refractivity contribution in [1.29, 1.82) is 0 Å². The van der Waals surface area contributed by atoms with E-state index >= 15 is 0 Å². The van der Waals surface area contributed by atoms with Crippen molar-refractivity contribution in [3.05, 3.63) is 29.3 Å². The molecule has 0 spiro atoms. The van der Waals surface area contributed by atoms with Crippen molar-refractivity contribution in [2.24, 2.45) is 0 Å². The smallest absolute Gasteiger partial charge is 0.239 e. The molecule has 1 atom stereocenters. The second-order valence-corrected chi connectivity index (χ2v) is 6.17. The number of amides is 2. The summed E-state index contributed by atoms with van der Waals surface area (Å²) in [4.78, 5) is 27.8. The Labute approximate surface area is 136 Å². The summed E-state index contributed by atoms with van der Waals surface area (Å²) in [7, 11) is 3.54. The van der Waals surface area contributed by atoms with Gasteiger partial charge in [0.2, 0.25) is 11.8 Å². The molecule has 22 heavy (non-hydrogen) atoms. The predicted molar refractivity (Wildman–Crippen MR) is 88.0 cm³/mol. The number of nitrogens with zero attached hydrogens (tertiary/aromatic N) is 2. The van der Waals surface area contributed by atoms with E-state index < -0.39 is 0 Å². The molecule has 2 rings (SSSR count). The monoisotopic (exact) mass is 323 g/mol. The second kappa shape index (κ2) is 7.61. The SMILES string of the molecule is CN(C)C(=O)C1CCCN1CCC(=O)Nc1cccc(Cl)c1. The topological polar surface area (TPSA) is 52.7 Å². The predicted octanol–water partition coefficient (Wildman–Crippen LogP) is 2.22. The van der Waals surface area contributed by atoms with Crippen LogP contribution in [0.3, 0.4) is 0 Å². The lowest BCUT2D eigenvalue weighted by Crippen LogP contribution is -2.43. The number of halogens is 1.